The Hall–Kier alpha value is -0.370. The predicted octanol–water partition coefficient (Wildman–Crippen LogP) is 1.74. The van der Waals surface area contributed by atoms with Crippen molar-refractivity contribution in [2.75, 3.05) is 7.05 Å². The van der Waals surface area contributed by atoms with Crippen molar-refractivity contribution < 1.29 is 4.79 Å². The lowest BCUT2D eigenvalue weighted by Crippen LogP contribution is -2.29. The Morgan fingerprint density at radius 3 is 2.58 bits per heavy atom. The molecule has 0 aromatic carbocycles. The minimum absolute atomic E-state index is 0.0908. The van der Waals surface area contributed by atoms with Gasteiger partial charge in [0.25, 0.3) is 0 Å². The van der Waals surface area contributed by atoms with Crippen LogP contribution in [0.1, 0.15) is 38.5 Å². The number of likely N-dealkylation sites (N-methyl/N-ethyl adjacent to an activating group) is 1. The van der Waals surface area contributed by atoms with E-state index in [1.165, 1.54) is 32.1 Å². The van der Waals surface area contributed by atoms with E-state index in [0.29, 0.717) is 0 Å². The summed E-state index contributed by atoms with van der Waals surface area (Å²) >= 11 is 0. The zero-order chi connectivity index (χ0) is 8.81. The van der Waals surface area contributed by atoms with Gasteiger partial charge in [0.05, 0.1) is 6.04 Å². The SMILES string of the molecule is CN[C@H](C=O)CC1CCCCC1. The van der Waals surface area contributed by atoms with E-state index in [9.17, 15) is 4.79 Å². The Kier molecular flexibility index (Phi) is 4.30. The monoisotopic (exact) mass is 169 g/mol. The normalized spacial score (nSPS) is 22.1. The summed E-state index contributed by atoms with van der Waals surface area (Å²) in [7, 11) is 1.86. The molecular weight excluding hydrogens is 150 g/mol. The third-order valence-corrected chi connectivity index (χ3v) is 2.85. The largest absolute Gasteiger partial charge is 0.311 e. The second-order valence-electron chi connectivity index (χ2n) is 3.77. The highest BCUT2D eigenvalue weighted by atomic mass is 16.1. The molecule has 0 amide bonds. The van der Waals surface area contributed by atoms with Crippen molar-refractivity contribution in [1.29, 1.82) is 0 Å². The van der Waals surface area contributed by atoms with Gasteiger partial charge in [0.2, 0.25) is 0 Å². The average Bonchev–Trinajstić information content (AvgIpc) is 2.16. The van der Waals surface area contributed by atoms with E-state index in [-0.39, 0.29) is 6.04 Å². The van der Waals surface area contributed by atoms with Crippen LogP contribution >= 0.6 is 0 Å². The number of rotatable bonds is 4. The lowest BCUT2D eigenvalue weighted by Gasteiger charge is -2.23. The number of carbonyl (C=O) groups excluding carboxylic acids is 1. The van der Waals surface area contributed by atoms with Crippen LogP contribution in [-0.2, 0) is 4.79 Å². The van der Waals surface area contributed by atoms with Crippen LogP contribution in [0, 0.1) is 5.92 Å². The van der Waals surface area contributed by atoms with Crippen LogP contribution in [0.3, 0.4) is 0 Å². The molecule has 70 valence electrons. The molecule has 1 saturated carbocycles. The summed E-state index contributed by atoms with van der Waals surface area (Å²) in [6, 6.07) is 0.0908. The van der Waals surface area contributed by atoms with E-state index in [0.717, 1.165) is 18.6 Å². The maximum Gasteiger partial charge on any atom is 0.136 e. The fourth-order valence-electron chi connectivity index (χ4n) is 2.02. The maximum atomic E-state index is 10.5. The zero-order valence-electron chi connectivity index (χ0n) is 7.88. The second kappa shape index (κ2) is 5.31. The molecule has 0 saturated heterocycles. The Bertz CT molecular complexity index is 130. The minimum atomic E-state index is 0.0908. The Balaban J connectivity index is 2.22. The smallest absolute Gasteiger partial charge is 0.136 e. The summed E-state index contributed by atoms with van der Waals surface area (Å²) in [6.45, 7) is 0. The van der Waals surface area contributed by atoms with E-state index < -0.39 is 0 Å². The average molecular weight is 169 g/mol. The Morgan fingerprint density at radius 1 is 1.42 bits per heavy atom. The molecule has 1 atom stereocenters. The van der Waals surface area contributed by atoms with Crippen LogP contribution in [0.25, 0.3) is 0 Å². The molecule has 0 spiro atoms. The summed E-state index contributed by atoms with van der Waals surface area (Å²) in [5.74, 6) is 0.793. The van der Waals surface area contributed by atoms with E-state index >= 15 is 0 Å². The van der Waals surface area contributed by atoms with Gasteiger partial charge in [-0.05, 0) is 19.4 Å². The van der Waals surface area contributed by atoms with Crippen molar-refractivity contribution in [2.24, 2.45) is 5.92 Å². The van der Waals surface area contributed by atoms with Crippen LogP contribution < -0.4 is 5.32 Å². The first-order valence-corrected chi connectivity index (χ1v) is 4.99. The van der Waals surface area contributed by atoms with Gasteiger partial charge in [-0.3, -0.25) is 0 Å². The number of carbonyl (C=O) groups is 1. The Labute approximate surface area is 74.7 Å². The first-order chi connectivity index (χ1) is 5.86. The fourth-order valence-corrected chi connectivity index (χ4v) is 2.02. The van der Waals surface area contributed by atoms with E-state index in [1.54, 1.807) is 0 Å². The van der Waals surface area contributed by atoms with Crippen LogP contribution in [-0.4, -0.2) is 19.4 Å². The molecule has 1 aliphatic rings. The Morgan fingerprint density at radius 2 is 2.08 bits per heavy atom. The summed E-state index contributed by atoms with van der Waals surface area (Å²) in [5, 5.41) is 3.03. The maximum absolute atomic E-state index is 10.5. The van der Waals surface area contributed by atoms with Crippen molar-refractivity contribution in [3.63, 3.8) is 0 Å². The van der Waals surface area contributed by atoms with Gasteiger partial charge in [0.1, 0.15) is 6.29 Å². The van der Waals surface area contributed by atoms with Crippen LogP contribution in [0.15, 0.2) is 0 Å². The molecular formula is C10H19NO. The van der Waals surface area contributed by atoms with Crippen LogP contribution in [0.5, 0.6) is 0 Å². The van der Waals surface area contributed by atoms with Gasteiger partial charge >= 0.3 is 0 Å². The predicted molar refractivity (Wildman–Crippen MR) is 50.1 cm³/mol. The quantitative estimate of drug-likeness (QED) is 0.649. The van der Waals surface area contributed by atoms with Crippen molar-refractivity contribution in [2.45, 2.75) is 44.6 Å². The van der Waals surface area contributed by atoms with Gasteiger partial charge in [-0.25, -0.2) is 0 Å². The molecule has 1 aliphatic carbocycles. The van der Waals surface area contributed by atoms with Gasteiger partial charge in [-0.1, -0.05) is 32.1 Å². The molecule has 0 radical (unpaired) electrons. The van der Waals surface area contributed by atoms with Crippen LogP contribution in [0.2, 0.25) is 0 Å². The number of nitrogens with one attached hydrogen (secondary N) is 1. The van der Waals surface area contributed by atoms with Crippen molar-refractivity contribution in [3.8, 4) is 0 Å². The summed E-state index contributed by atoms with van der Waals surface area (Å²) in [6.07, 6.45) is 8.84. The second-order valence-corrected chi connectivity index (χ2v) is 3.77. The standard InChI is InChI=1S/C10H19NO/c1-11-10(8-12)7-9-5-3-2-4-6-9/h8-11H,2-7H2,1H3/t10-/m0/s1. The number of aldehydes is 1. The zero-order valence-corrected chi connectivity index (χ0v) is 7.88. The molecule has 2 nitrogen and oxygen atoms in total. The summed E-state index contributed by atoms with van der Waals surface area (Å²) < 4.78 is 0. The summed E-state index contributed by atoms with van der Waals surface area (Å²) in [5.41, 5.74) is 0. The first kappa shape index (κ1) is 9.72. The molecule has 0 aromatic heterocycles. The molecule has 12 heavy (non-hydrogen) atoms. The highest BCUT2D eigenvalue weighted by Crippen LogP contribution is 2.26. The van der Waals surface area contributed by atoms with E-state index in [2.05, 4.69) is 5.32 Å². The topological polar surface area (TPSA) is 29.1 Å². The third-order valence-electron chi connectivity index (χ3n) is 2.85. The molecule has 0 aliphatic heterocycles. The molecule has 1 rings (SSSR count). The summed E-state index contributed by atoms with van der Waals surface area (Å²) in [4.78, 5) is 10.5. The van der Waals surface area contributed by atoms with Gasteiger partial charge < -0.3 is 10.1 Å². The molecule has 2 heteroatoms. The van der Waals surface area contributed by atoms with Crippen molar-refractivity contribution in [1.82, 2.24) is 5.32 Å². The van der Waals surface area contributed by atoms with Gasteiger partial charge in [0.15, 0.2) is 0 Å². The molecule has 0 bridgehead atoms. The van der Waals surface area contributed by atoms with Crippen LogP contribution in [0.4, 0.5) is 0 Å². The van der Waals surface area contributed by atoms with Gasteiger partial charge in [0, 0.05) is 0 Å². The number of hydrogen-bond donors (Lipinski definition) is 1. The molecule has 0 unspecified atom stereocenters. The molecule has 1 fully saturated rings. The lowest BCUT2D eigenvalue weighted by molar-refractivity contribution is -0.109. The third kappa shape index (κ3) is 2.94. The number of hydrogen-bond acceptors (Lipinski definition) is 2. The van der Waals surface area contributed by atoms with Crippen molar-refractivity contribution in [3.05, 3.63) is 0 Å². The highest BCUT2D eigenvalue weighted by Gasteiger charge is 2.16. The fraction of sp³-hybridized carbons (Fsp3) is 0.900. The van der Waals surface area contributed by atoms with Crippen molar-refractivity contribution >= 4 is 6.29 Å². The van der Waals surface area contributed by atoms with Gasteiger partial charge in [-0.2, -0.15) is 0 Å². The molecule has 1 N–H and O–H groups in total. The van der Waals surface area contributed by atoms with E-state index in [4.69, 9.17) is 0 Å². The minimum Gasteiger partial charge on any atom is -0.311 e. The molecule has 0 aromatic rings. The first-order valence-electron chi connectivity index (χ1n) is 4.99. The lowest BCUT2D eigenvalue weighted by atomic mass is 9.85. The molecule has 0 heterocycles. The highest BCUT2D eigenvalue weighted by molar-refractivity contribution is 5.57. The van der Waals surface area contributed by atoms with E-state index in [1.807, 2.05) is 7.05 Å². The van der Waals surface area contributed by atoms with Gasteiger partial charge in [-0.15, -0.1) is 0 Å².